The normalized spacial score (nSPS) is 18.6. The quantitative estimate of drug-likeness (QED) is 0.679. The minimum atomic E-state index is -0.560. The van der Waals surface area contributed by atoms with Crippen LogP contribution in [0.5, 0.6) is 0 Å². The van der Waals surface area contributed by atoms with Gasteiger partial charge in [0, 0.05) is 38.3 Å². The number of amides is 3. The van der Waals surface area contributed by atoms with Crippen LogP contribution in [0.25, 0.3) is 0 Å². The largest absolute Gasteiger partial charge is 0.444 e. The first-order valence-corrected chi connectivity index (χ1v) is 10.7. The number of nitrogens with one attached hydrogen (secondary N) is 2. The second kappa shape index (κ2) is 11.7. The molecule has 0 spiro atoms. The van der Waals surface area contributed by atoms with Crippen LogP contribution < -0.4 is 15.5 Å². The molecule has 32 heavy (non-hydrogen) atoms. The molecule has 2 fully saturated rings. The van der Waals surface area contributed by atoms with Crippen LogP contribution in [0.15, 0.2) is 18.2 Å². The lowest BCUT2D eigenvalue weighted by Crippen LogP contribution is -2.50. The van der Waals surface area contributed by atoms with Gasteiger partial charge >= 0.3 is 6.09 Å². The highest BCUT2D eigenvalue weighted by Crippen LogP contribution is 2.25. The molecule has 0 saturated carbocycles. The molecule has 180 valence electrons. The van der Waals surface area contributed by atoms with Crippen LogP contribution in [-0.4, -0.2) is 60.6 Å². The summed E-state index contributed by atoms with van der Waals surface area (Å²) in [5, 5.41) is 5.24. The molecule has 0 aromatic heterocycles. The molecule has 8 nitrogen and oxygen atoms in total. The van der Waals surface area contributed by atoms with Gasteiger partial charge in [-0.3, -0.25) is 14.9 Å². The lowest BCUT2D eigenvalue weighted by molar-refractivity contribution is -0.133. The van der Waals surface area contributed by atoms with Crippen LogP contribution >= 0.6 is 0 Å². The fourth-order valence-corrected chi connectivity index (χ4v) is 3.34. The Bertz CT molecular complexity index is 802. The zero-order valence-corrected chi connectivity index (χ0v) is 19.0. The van der Waals surface area contributed by atoms with E-state index in [0.29, 0.717) is 44.0 Å². The zero-order valence-electron chi connectivity index (χ0n) is 19.0. The van der Waals surface area contributed by atoms with Gasteiger partial charge in [0.05, 0.1) is 5.69 Å². The SMILES string of the molecule is C.CC.CC(C)(C)OC(=O)N1CCN(c2ccc(NC3CCC(=O)NC3=O)cc2F)CC1. The molecule has 3 rings (SSSR count). The summed E-state index contributed by atoms with van der Waals surface area (Å²) >= 11 is 0. The summed E-state index contributed by atoms with van der Waals surface area (Å²) in [6.45, 7) is 11.4. The topological polar surface area (TPSA) is 91.0 Å². The number of nitrogens with zero attached hydrogens (tertiary/aromatic N) is 2. The molecule has 1 aromatic carbocycles. The summed E-state index contributed by atoms with van der Waals surface area (Å²) in [6.07, 6.45) is 0.272. The molecule has 1 atom stereocenters. The van der Waals surface area contributed by atoms with Gasteiger partial charge in [-0.15, -0.1) is 0 Å². The molecule has 0 aliphatic carbocycles. The van der Waals surface area contributed by atoms with Crippen LogP contribution in [0.4, 0.5) is 20.6 Å². The third kappa shape index (κ3) is 7.39. The number of hydrogen-bond donors (Lipinski definition) is 2. The molecule has 0 radical (unpaired) electrons. The van der Waals surface area contributed by atoms with Gasteiger partial charge in [0.1, 0.15) is 17.5 Å². The number of carbonyl (C=O) groups is 3. The Morgan fingerprint density at radius 1 is 1.16 bits per heavy atom. The molecule has 1 unspecified atom stereocenters. The van der Waals surface area contributed by atoms with Gasteiger partial charge in [-0.05, 0) is 45.4 Å². The van der Waals surface area contributed by atoms with Crippen molar-refractivity contribution in [1.29, 1.82) is 0 Å². The Labute approximate surface area is 190 Å². The number of piperazine rings is 1. The Hall–Kier alpha value is -2.84. The van der Waals surface area contributed by atoms with Crippen molar-refractivity contribution in [3.8, 4) is 0 Å². The van der Waals surface area contributed by atoms with Gasteiger partial charge in [-0.2, -0.15) is 0 Å². The summed E-state index contributed by atoms with van der Waals surface area (Å²) in [7, 11) is 0. The number of piperidine rings is 1. The molecule has 2 N–H and O–H groups in total. The number of halogens is 1. The summed E-state index contributed by atoms with van der Waals surface area (Å²) in [5.41, 5.74) is 0.377. The maximum absolute atomic E-state index is 14.7. The first kappa shape index (κ1) is 27.2. The fourth-order valence-electron chi connectivity index (χ4n) is 3.34. The van der Waals surface area contributed by atoms with Crippen LogP contribution in [0.1, 0.15) is 54.9 Å². The van der Waals surface area contributed by atoms with Crippen LogP contribution in [0.2, 0.25) is 0 Å². The maximum atomic E-state index is 14.7. The van der Waals surface area contributed by atoms with Gasteiger partial charge in [-0.25, -0.2) is 9.18 Å². The molecular weight excluding hydrogens is 415 g/mol. The first-order chi connectivity index (χ1) is 14.6. The smallest absolute Gasteiger partial charge is 0.410 e. The van der Waals surface area contributed by atoms with Crippen LogP contribution in [-0.2, 0) is 14.3 Å². The average molecular weight is 453 g/mol. The van der Waals surface area contributed by atoms with Crippen molar-refractivity contribution < 1.29 is 23.5 Å². The predicted molar refractivity (Wildman–Crippen MR) is 124 cm³/mol. The molecule has 3 amide bonds. The maximum Gasteiger partial charge on any atom is 0.410 e. The minimum absolute atomic E-state index is 0. The van der Waals surface area contributed by atoms with E-state index in [-0.39, 0.29) is 25.8 Å². The van der Waals surface area contributed by atoms with E-state index >= 15 is 0 Å². The standard InChI is InChI=1S/C20H27FN4O4.C2H6.CH4/c1-20(2,3)29-19(28)25-10-8-24(9-11-25)16-6-4-13(12-14(16)21)22-15-5-7-17(26)23-18(15)27;1-2;/h4,6,12,15,22H,5,7-11H2,1-3H3,(H,23,26,27);1-2H3;1H4. The van der Waals surface area contributed by atoms with E-state index in [9.17, 15) is 18.8 Å². The van der Waals surface area contributed by atoms with E-state index in [1.165, 1.54) is 6.07 Å². The Morgan fingerprint density at radius 2 is 1.78 bits per heavy atom. The number of ether oxygens (including phenoxy) is 1. The highest BCUT2D eigenvalue weighted by Gasteiger charge is 2.28. The molecule has 2 heterocycles. The summed E-state index contributed by atoms with van der Waals surface area (Å²) in [5.74, 6) is -1.10. The van der Waals surface area contributed by atoms with Gasteiger partial charge in [0.25, 0.3) is 0 Å². The van der Waals surface area contributed by atoms with Crippen LogP contribution in [0.3, 0.4) is 0 Å². The first-order valence-electron chi connectivity index (χ1n) is 10.7. The summed E-state index contributed by atoms with van der Waals surface area (Å²) in [4.78, 5) is 38.7. The van der Waals surface area contributed by atoms with E-state index in [2.05, 4.69) is 10.6 Å². The average Bonchev–Trinajstić information content (AvgIpc) is 2.71. The third-order valence-corrected chi connectivity index (χ3v) is 4.80. The van der Waals surface area contributed by atoms with E-state index in [1.807, 2.05) is 39.5 Å². The monoisotopic (exact) mass is 452 g/mol. The van der Waals surface area contributed by atoms with Crippen molar-refractivity contribution in [2.75, 3.05) is 36.4 Å². The summed E-state index contributed by atoms with van der Waals surface area (Å²) in [6, 6.07) is 4.16. The van der Waals surface area contributed by atoms with Crippen molar-refractivity contribution in [2.45, 2.75) is 66.5 Å². The minimum Gasteiger partial charge on any atom is -0.444 e. The van der Waals surface area contributed by atoms with E-state index in [1.54, 1.807) is 17.0 Å². The second-order valence-corrected chi connectivity index (χ2v) is 8.27. The molecule has 1 aromatic rings. The number of carbonyl (C=O) groups excluding carboxylic acids is 3. The van der Waals surface area contributed by atoms with E-state index in [0.717, 1.165) is 0 Å². The van der Waals surface area contributed by atoms with Gasteiger partial charge in [-0.1, -0.05) is 21.3 Å². The van der Waals surface area contributed by atoms with Crippen molar-refractivity contribution in [1.82, 2.24) is 10.2 Å². The highest BCUT2D eigenvalue weighted by atomic mass is 19.1. The number of anilines is 2. The van der Waals surface area contributed by atoms with Gasteiger partial charge < -0.3 is 19.9 Å². The zero-order chi connectivity index (χ0) is 23.2. The lowest BCUT2D eigenvalue weighted by atomic mass is 10.1. The molecule has 2 aliphatic rings. The Morgan fingerprint density at radius 3 is 2.31 bits per heavy atom. The van der Waals surface area contributed by atoms with E-state index < -0.39 is 23.4 Å². The Kier molecular flexibility index (Phi) is 9.93. The number of imide groups is 1. The second-order valence-electron chi connectivity index (χ2n) is 8.27. The number of benzene rings is 1. The molecule has 9 heteroatoms. The van der Waals surface area contributed by atoms with Crippen molar-refractivity contribution >= 4 is 29.3 Å². The highest BCUT2D eigenvalue weighted by molar-refractivity contribution is 6.01. The van der Waals surface area contributed by atoms with Gasteiger partial charge in [0.2, 0.25) is 11.8 Å². The van der Waals surface area contributed by atoms with Crippen LogP contribution in [0, 0.1) is 5.82 Å². The predicted octanol–water partition coefficient (Wildman–Crippen LogP) is 3.76. The number of hydrogen-bond acceptors (Lipinski definition) is 6. The van der Waals surface area contributed by atoms with E-state index in [4.69, 9.17) is 4.74 Å². The molecular formula is C23H37FN4O4. The lowest BCUT2D eigenvalue weighted by Gasteiger charge is -2.37. The number of rotatable bonds is 3. The molecule has 0 bridgehead atoms. The fraction of sp³-hybridized carbons (Fsp3) is 0.609. The van der Waals surface area contributed by atoms with Crippen molar-refractivity contribution in [2.24, 2.45) is 0 Å². The molecule has 2 aliphatic heterocycles. The third-order valence-electron chi connectivity index (χ3n) is 4.80. The molecule has 2 saturated heterocycles. The van der Waals surface area contributed by atoms with Crippen molar-refractivity contribution in [3.05, 3.63) is 24.0 Å². The van der Waals surface area contributed by atoms with Crippen molar-refractivity contribution in [3.63, 3.8) is 0 Å². The summed E-state index contributed by atoms with van der Waals surface area (Å²) < 4.78 is 20.1. The van der Waals surface area contributed by atoms with Gasteiger partial charge in [0.15, 0.2) is 0 Å². The Balaban J connectivity index is 0.00000166.